The number of nitrogens with zero attached hydrogens (tertiary/aromatic N) is 2. The van der Waals surface area contributed by atoms with E-state index in [0.717, 1.165) is 56.1 Å². The van der Waals surface area contributed by atoms with E-state index in [1.54, 1.807) is 37.9 Å². The van der Waals surface area contributed by atoms with Crippen molar-refractivity contribution in [3.8, 4) is 0 Å². The number of Topliss-reactive ketones (excluding diaryl/α,β-unsaturated/α-hetero) is 1. The summed E-state index contributed by atoms with van der Waals surface area (Å²) in [6.07, 6.45) is 10.9. The third-order valence-electron chi connectivity index (χ3n) is 17.8. The van der Waals surface area contributed by atoms with Crippen molar-refractivity contribution in [3.05, 3.63) is 29.4 Å². The Kier molecular flexibility index (Phi) is 9.68. The average Bonchev–Trinajstić information content (AvgIpc) is 3.65. The number of allylic oxidation sites excluding steroid dienone is 1. The predicted molar refractivity (Wildman–Crippen MR) is 216 cm³/mol. The van der Waals surface area contributed by atoms with Crippen molar-refractivity contribution < 1.29 is 33.8 Å². The minimum absolute atomic E-state index is 0.0165. The first-order valence-corrected chi connectivity index (χ1v) is 21.6. The van der Waals surface area contributed by atoms with Crippen molar-refractivity contribution >= 4 is 29.5 Å². The van der Waals surface area contributed by atoms with Crippen LogP contribution in [0, 0.1) is 62.6 Å². The third kappa shape index (κ3) is 5.91. The number of carboxylic acid groups (broad SMARTS) is 1. The lowest BCUT2D eigenvalue weighted by Gasteiger charge is -2.72. The van der Waals surface area contributed by atoms with Gasteiger partial charge in [0, 0.05) is 31.3 Å². The molecule has 6 aliphatic rings. The van der Waals surface area contributed by atoms with Crippen LogP contribution < -0.4 is 10.6 Å². The van der Waals surface area contributed by atoms with Crippen molar-refractivity contribution in [2.45, 2.75) is 158 Å². The van der Waals surface area contributed by atoms with Crippen LogP contribution in [0.4, 0.5) is 0 Å². The second-order valence-electron chi connectivity index (χ2n) is 22.0. The molecular weight excluding hydrogens is 721 g/mol. The van der Waals surface area contributed by atoms with Gasteiger partial charge in [0.05, 0.1) is 17.4 Å². The number of carbonyl (C=O) groups excluding carboxylic acids is 4. The first-order valence-electron chi connectivity index (χ1n) is 21.6. The number of aryl methyl sites for hydroxylation is 1. The summed E-state index contributed by atoms with van der Waals surface area (Å²) in [7, 11) is 1.74. The summed E-state index contributed by atoms with van der Waals surface area (Å²) in [5.74, 6) is -1.48. The standard InChI is InChI=1S/C46H68N4O7/c1-25(2)33-29(51)24-46(49-39(56)42(7,8)48-36(52)35-47-21-22-50(35)12)20-19-44(10)26(34(33)46)13-14-31-43(9)17-16-32(41(5,6)30(43)15-18-45(31,44)11)57-38(55)28-23-27(37(53)54)40(28,3)4/h21-22,25-28,30-32H,13-20,23-24H2,1-12H3,(H,48,52)(H,49,56)(H,53,54)/t26-,27+,28?,30+,31-,32+,43+,44-,45-,46-/m1/s1. The number of rotatable bonds is 8. The van der Waals surface area contributed by atoms with Gasteiger partial charge in [-0.15, -0.1) is 0 Å². The van der Waals surface area contributed by atoms with Crippen molar-refractivity contribution in [3.63, 3.8) is 0 Å². The van der Waals surface area contributed by atoms with E-state index in [4.69, 9.17) is 4.74 Å². The molecule has 1 unspecified atom stereocenters. The number of carboxylic acids is 1. The van der Waals surface area contributed by atoms with Crippen molar-refractivity contribution in [2.24, 2.45) is 69.6 Å². The van der Waals surface area contributed by atoms with Gasteiger partial charge in [0.1, 0.15) is 11.6 Å². The largest absolute Gasteiger partial charge is 0.481 e. The Morgan fingerprint density at radius 2 is 1.58 bits per heavy atom. The zero-order chi connectivity index (χ0) is 42.1. The molecule has 0 spiro atoms. The topological polar surface area (TPSA) is 157 Å². The van der Waals surface area contributed by atoms with Crippen molar-refractivity contribution in [1.82, 2.24) is 20.2 Å². The Morgan fingerprint density at radius 3 is 2.18 bits per heavy atom. The molecule has 314 valence electrons. The molecule has 11 nitrogen and oxygen atoms in total. The normalized spacial score (nSPS) is 39.2. The summed E-state index contributed by atoms with van der Waals surface area (Å²) in [6, 6.07) is 0. The fourth-order valence-corrected chi connectivity index (χ4v) is 14.3. The van der Waals surface area contributed by atoms with Gasteiger partial charge in [0.15, 0.2) is 11.6 Å². The van der Waals surface area contributed by atoms with Crippen LogP contribution in [0.3, 0.4) is 0 Å². The van der Waals surface area contributed by atoms with Gasteiger partial charge in [-0.1, -0.05) is 62.3 Å². The SMILES string of the molecule is CC(C)C1=C2[C@H]3CC[C@@H]4[C@@]5(C)CC[C@H](OC(=O)C6C[C@@H](C(=O)O)C6(C)C)C(C)(C)[C@@H]5CC[C@@]4(C)[C@]3(C)CC[C@@]2(NC(=O)C(C)(C)NC(=O)c2nccn2C)CC1=O. The maximum absolute atomic E-state index is 14.3. The highest BCUT2D eigenvalue weighted by atomic mass is 16.5. The molecule has 0 saturated heterocycles. The molecule has 11 heteroatoms. The Labute approximate surface area is 339 Å². The maximum atomic E-state index is 14.3. The number of nitrogens with one attached hydrogen (secondary N) is 2. The summed E-state index contributed by atoms with van der Waals surface area (Å²) in [5, 5.41) is 16.0. The van der Waals surface area contributed by atoms with E-state index < -0.39 is 40.2 Å². The highest BCUT2D eigenvalue weighted by Gasteiger charge is 2.71. The fourth-order valence-electron chi connectivity index (χ4n) is 14.3. The highest BCUT2D eigenvalue weighted by Crippen LogP contribution is 2.76. The minimum atomic E-state index is -1.25. The molecule has 1 heterocycles. The van der Waals surface area contributed by atoms with Crippen LogP contribution in [0.1, 0.15) is 151 Å². The molecule has 6 aliphatic carbocycles. The number of hydrogen-bond acceptors (Lipinski definition) is 7. The highest BCUT2D eigenvalue weighted by molar-refractivity contribution is 6.03. The predicted octanol–water partition coefficient (Wildman–Crippen LogP) is 7.44. The van der Waals surface area contributed by atoms with E-state index in [9.17, 15) is 29.1 Å². The lowest BCUT2D eigenvalue weighted by molar-refractivity contribution is -0.235. The van der Waals surface area contributed by atoms with Crippen LogP contribution in [0.2, 0.25) is 0 Å². The lowest BCUT2D eigenvalue weighted by Crippen LogP contribution is -2.68. The second kappa shape index (κ2) is 13.3. The van der Waals surface area contributed by atoms with E-state index in [1.807, 2.05) is 13.8 Å². The molecule has 3 N–H and O–H groups in total. The Hall–Kier alpha value is -3.50. The van der Waals surface area contributed by atoms with Crippen LogP contribution in [0.25, 0.3) is 0 Å². The first-order chi connectivity index (χ1) is 26.3. The molecule has 10 atom stereocenters. The molecule has 5 saturated carbocycles. The molecule has 1 aromatic heterocycles. The molecule has 1 aromatic rings. The van der Waals surface area contributed by atoms with Gasteiger partial charge in [-0.2, -0.15) is 0 Å². The molecule has 0 aromatic carbocycles. The van der Waals surface area contributed by atoms with E-state index in [0.29, 0.717) is 24.7 Å². The van der Waals surface area contributed by atoms with E-state index in [1.165, 1.54) is 0 Å². The number of hydrogen-bond donors (Lipinski definition) is 3. The number of aromatic nitrogens is 2. The zero-order valence-corrected chi connectivity index (χ0v) is 36.6. The smallest absolute Gasteiger partial charge is 0.309 e. The van der Waals surface area contributed by atoms with Gasteiger partial charge in [0.25, 0.3) is 5.91 Å². The number of fused-ring (bicyclic) bond motifs is 7. The number of esters is 1. The fraction of sp³-hybridized carbons (Fsp3) is 0.783. The van der Waals surface area contributed by atoms with Gasteiger partial charge < -0.3 is 25.0 Å². The number of carbonyl (C=O) groups is 5. The molecule has 7 rings (SSSR count). The van der Waals surface area contributed by atoms with Crippen molar-refractivity contribution in [2.75, 3.05) is 0 Å². The maximum Gasteiger partial charge on any atom is 0.309 e. The zero-order valence-electron chi connectivity index (χ0n) is 36.6. The summed E-state index contributed by atoms with van der Waals surface area (Å²) in [4.78, 5) is 71.3. The number of ether oxygens (including phenoxy) is 1. The Bertz CT molecular complexity index is 1920. The van der Waals surface area contributed by atoms with Gasteiger partial charge >= 0.3 is 11.9 Å². The number of amides is 2. The van der Waals surface area contributed by atoms with E-state index >= 15 is 0 Å². The van der Waals surface area contributed by atoms with Crippen LogP contribution in [0.5, 0.6) is 0 Å². The Morgan fingerprint density at radius 1 is 0.895 bits per heavy atom. The van der Waals surface area contributed by atoms with E-state index in [-0.39, 0.29) is 69.5 Å². The quantitative estimate of drug-likeness (QED) is 0.230. The average molecular weight is 789 g/mol. The molecule has 0 radical (unpaired) electrons. The van der Waals surface area contributed by atoms with E-state index in [2.05, 4.69) is 64.1 Å². The van der Waals surface area contributed by atoms with Gasteiger partial charge in [-0.05, 0) is 128 Å². The number of ketones is 1. The first kappa shape index (κ1) is 41.7. The monoisotopic (exact) mass is 789 g/mol. The third-order valence-corrected chi connectivity index (χ3v) is 17.8. The van der Waals surface area contributed by atoms with Crippen LogP contribution in [0.15, 0.2) is 23.5 Å². The number of aliphatic carboxylic acids is 1. The molecular formula is C46H68N4O7. The molecule has 2 amide bonds. The van der Waals surface area contributed by atoms with Crippen LogP contribution >= 0.6 is 0 Å². The van der Waals surface area contributed by atoms with Gasteiger partial charge in [0.2, 0.25) is 5.91 Å². The van der Waals surface area contributed by atoms with Gasteiger partial charge in [-0.25, -0.2) is 4.98 Å². The molecule has 0 aliphatic heterocycles. The molecule has 5 fully saturated rings. The molecule has 0 bridgehead atoms. The second-order valence-corrected chi connectivity index (χ2v) is 22.0. The summed E-state index contributed by atoms with van der Waals surface area (Å²) >= 11 is 0. The lowest BCUT2D eigenvalue weighted by atomic mass is 9.33. The summed E-state index contributed by atoms with van der Waals surface area (Å²) < 4.78 is 8.03. The Balaban J connectivity index is 1.14. The molecule has 57 heavy (non-hydrogen) atoms. The van der Waals surface area contributed by atoms with Crippen LogP contribution in [-0.4, -0.2) is 61.4 Å². The minimum Gasteiger partial charge on any atom is -0.481 e. The summed E-state index contributed by atoms with van der Waals surface area (Å²) in [5.41, 5.74) is -1.00. The van der Waals surface area contributed by atoms with Gasteiger partial charge in [-0.3, -0.25) is 24.0 Å². The van der Waals surface area contributed by atoms with Crippen molar-refractivity contribution in [1.29, 1.82) is 0 Å². The number of imidazole rings is 1. The summed E-state index contributed by atoms with van der Waals surface area (Å²) in [6.45, 7) is 23.5. The van der Waals surface area contributed by atoms with Crippen LogP contribution in [-0.2, 0) is 31.0 Å².